The number of ether oxygens (including phenoxy) is 1. The first kappa shape index (κ1) is 13.9. The van der Waals surface area contributed by atoms with Crippen LogP contribution in [0.3, 0.4) is 0 Å². The normalized spacial score (nSPS) is 21.3. The van der Waals surface area contributed by atoms with E-state index >= 15 is 0 Å². The fourth-order valence-corrected chi connectivity index (χ4v) is 5.62. The van der Waals surface area contributed by atoms with Crippen molar-refractivity contribution in [3.05, 3.63) is 94.5 Å². The maximum Gasteiger partial charge on any atom is 0.183 e. The summed E-state index contributed by atoms with van der Waals surface area (Å²) in [5.41, 5.74) is 5.53. The zero-order chi connectivity index (χ0) is 16.3. The molecule has 5 rings (SSSR count). The Balaban J connectivity index is 1.92. The van der Waals surface area contributed by atoms with Crippen LogP contribution in [0.1, 0.15) is 32.6 Å². The van der Waals surface area contributed by atoms with Gasteiger partial charge in [0.2, 0.25) is 0 Å². The zero-order valence-electron chi connectivity index (χ0n) is 13.2. The van der Waals surface area contributed by atoms with Crippen molar-refractivity contribution in [2.45, 2.75) is 12.1 Å². The van der Waals surface area contributed by atoms with Gasteiger partial charge in [-0.1, -0.05) is 54.6 Å². The van der Waals surface area contributed by atoms with Crippen LogP contribution >= 0.6 is 8.58 Å². The molecule has 0 saturated heterocycles. The second-order valence-corrected chi connectivity index (χ2v) is 7.80. The first-order valence-electron chi connectivity index (χ1n) is 8.01. The molecule has 0 radical (unpaired) electrons. The molecule has 2 aliphatic rings. The molecule has 2 atom stereocenters. The van der Waals surface area contributed by atoms with Crippen LogP contribution in [0, 0.1) is 6.92 Å². The molecular weight excluding hydrogens is 315 g/mol. The van der Waals surface area contributed by atoms with Crippen molar-refractivity contribution in [3.63, 3.8) is 0 Å². The van der Waals surface area contributed by atoms with Crippen molar-refractivity contribution in [3.8, 4) is 11.5 Å². The average molecular weight is 330 g/mol. The summed E-state index contributed by atoms with van der Waals surface area (Å²) in [6.45, 7) is 2.06. The van der Waals surface area contributed by atoms with Crippen LogP contribution < -0.4 is 4.74 Å². The molecule has 0 amide bonds. The SMILES string of the molecule is Cc1ccc2c(c1)Oc1ccccc1C21PC(=O)c2ccccc21. The molecule has 0 aromatic heterocycles. The largest absolute Gasteiger partial charge is 0.457 e. The van der Waals surface area contributed by atoms with Gasteiger partial charge in [0.25, 0.3) is 0 Å². The minimum absolute atomic E-state index is 0.151. The maximum atomic E-state index is 12.8. The van der Waals surface area contributed by atoms with E-state index in [-0.39, 0.29) is 14.1 Å². The molecule has 1 spiro atoms. The van der Waals surface area contributed by atoms with E-state index < -0.39 is 5.16 Å². The number of benzene rings is 3. The number of aryl methyl sites for hydroxylation is 1. The van der Waals surface area contributed by atoms with Crippen LogP contribution in [0.4, 0.5) is 0 Å². The first-order chi connectivity index (χ1) is 11.7. The second-order valence-electron chi connectivity index (χ2n) is 6.35. The second kappa shape index (κ2) is 4.78. The van der Waals surface area contributed by atoms with Gasteiger partial charge in [0, 0.05) is 16.7 Å². The fourth-order valence-electron chi connectivity index (χ4n) is 3.89. The number of carbonyl (C=O) groups is 1. The van der Waals surface area contributed by atoms with Crippen molar-refractivity contribution < 1.29 is 9.53 Å². The summed E-state index contributed by atoms with van der Waals surface area (Å²) < 4.78 is 6.19. The van der Waals surface area contributed by atoms with Gasteiger partial charge in [0.05, 0.1) is 5.16 Å². The summed E-state index contributed by atoms with van der Waals surface area (Å²) in [7, 11) is 0.151. The molecule has 0 N–H and O–H groups in total. The standard InChI is InChI=1S/C21H15O2P/c1-13-10-11-17-19(12-13)23-18-9-5-4-8-16(18)21(17)15-7-3-2-6-14(15)20(22)24-21/h2-12,24H,1H3. The topological polar surface area (TPSA) is 26.3 Å². The Morgan fingerprint density at radius 2 is 1.54 bits per heavy atom. The Morgan fingerprint density at radius 3 is 2.42 bits per heavy atom. The van der Waals surface area contributed by atoms with Crippen LogP contribution in [-0.4, -0.2) is 5.52 Å². The van der Waals surface area contributed by atoms with Gasteiger partial charge in [-0.25, -0.2) is 0 Å². The van der Waals surface area contributed by atoms with E-state index in [4.69, 9.17) is 4.74 Å². The quantitative estimate of drug-likeness (QED) is 0.528. The third kappa shape index (κ3) is 1.67. The van der Waals surface area contributed by atoms with Crippen molar-refractivity contribution in [1.29, 1.82) is 0 Å². The summed E-state index contributed by atoms with van der Waals surface area (Å²) in [4.78, 5) is 12.8. The van der Waals surface area contributed by atoms with Crippen LogP contribution in [-0.2, 0) is 5.16 Å². The molecule has 0 aliphatic carbocycles. The molecule has 2 nitrogen and oxygen atoms in total. The molecule has 2 heterocycles. The van der Waals surface area contributed by atoms with E-state index in [1.807, 2.05) is 36.4 Å². The number of rotatable bonds is 0. The predicted molar refractivity (Wildman–Crippen MR) is 96.7 cm³/mol. The minimum Gasteiger partial charge on any atom is -0.457 e. The van der Waals surface area contributed by atoms with Crippen LogP contribution in [0.25, 0.3) is 0 Å². The average Bonchev–Trinajstić information content (AvgIpc) is 2.89. The smallest absolute Gasteiger partial charge is 0.183 e. The Hall–Kier alpha value is -2.44. The first-order valence-corrected chi connectivity index (χ1v) is 9.01. The predicted octanol–water partition coefficient (Wildman–Crippen LogP) is 5.22. The van der Waals surface area contributed by atoms with E-state index in [2.05, 4.69) is 37.3 Å². The summed E-state index contributed by atoms with van der Waals surface area (Å²) in [6.07, 6.45) is 0. The summed E-state index contributed by atoms with van der Waals surface area (Å²) in [5, 5.41) is -0.411. The van der Waals surface area contributed by atoms with Gasteiger partial charge in [-0.05, 0) is 38.8 Å². The zero-order valence-corrected chi connectivity index (χ0v) is 14.2. The van der Waals surface area contributed by atoms with Crippen molar-refractivity contribution in [2.75, 3.05) is 0 Å². The lowest BCUT2D eigenvalue weighted by molar-refractivity contribution is 0.108. The highest BCUT2D eigenvalue weighted by Gasteiger charge is 2.50. The lowest BCUT2D eigenvalue weighted by Crippen LogP contribution is -2.26. The van der Waals surface area contributed by atoms with Gasteiger partial charge in [0.1, 0.15) is 11.5 Å². The van der Waals surface area contributed by atoms with E-state index in [0.29, 0.717) is 0 Å². The molecule has 3 aromatic carbocycles. The van der Waals surface area contributed by atoms with Gasteiger partial charge >= 0.3 is 0 Å². The van der Waals surface area contributed by atoms with Crippen LogP contribution in [0.15, 0.2) is 66.7 Å². The van der Waals surface area contributed by atoms with Gasteiger partial charge in [-0.2, -0.15) is 0 Å². The highest BCUT2D eigenvalue weighted by molar-refractivity contribution is 7.61. The molecule has 116 valence electrons. The van der Waals surface area contributed by atoms with E-state index in [9.17, 15) is 4.79 Å². The highest BCUT2D eigenvalue weighted by atomic mass is 31.1. The van der Waals surface area contributed by atoms with Gasteiger partial charge in [-0.15, -0.1) is 0 Å². The molecule has 24 heavy (non-hydrogen) atoms. The third-order valence-corrected chi connectivity index (χ3v) is 6.61. The van der Waals surface area contributed by atoms with Crippen molar-refractivity contribution in [2.24, 2.45) is 0 Å². The number of hydrogen-bond acceptors (Lipinski definition) is 2. The molecule has 0 bridgehead atoms. The van der Waals surface area contributed by atoms with Gasteiger partial charge in [-0.3, -0.25) is 4.79 Å². The highest BCUT2D eigenvalue weighted by Crippen LogP contribution is 2.65. The lowest BCUT2D eigenvalue weighted by Gasteiger charge is -2.37. The molecular formula is C21H15O2P. The molecule has 0 fully saturated rings. The lowest BCUT2D eigenvalue weighted by atomic mass is 9.80. The van der Waals surface area contributed by atoms with Crippen LogP contribution in [0.2, 0.25) is 0 Å². The Bertz CT molecular complexity index is 1010. The number of para-hydroxylation sites is 1. The third-order valence-electron chi connectivity index (χ3n) is 4.93. The van der Waals surface area contributed by atoms with E-state index in [1.54, 1.807) is 0 Å². The summed E-state index contributed by atoms with van der Waals surface area (Å²) >= 11 is 0. The van der Waals surface area contributed by atoms with Gasteiger partial charge < -0.3 is 4.74 Å². The Morgan fingerprint density at radius 1 is 0.833 bits per heavy atom. The number of hydrogen-bond donors (Lipinski definition) is 0. The summed E-state index contributed by atoms with van der Waals surface area (Å²) in [6, 6.07) is 22.4. The molecule has 3 aromatic rings. The Kier molecular flexibility index (Phi) is 2.78. The van der Waals surface area contributed by atoms with E-state index in [1.165, 1.54) is 0 Å². The molecule has 3 heteroatoms. The van der Waals surface area contributed by atoms with E-state index in [0.717, 1.165) is 39.3 Å². The molecule has 2 aliphatic heterocycles. The van der Waals surface area contributed by atoms with Crippen molar-refractivity contribution >= 4 is 14.1 Å². The number of fused-ring (bicyclic) bond motifs is 6. The van der Waals surface area contributed by atoms with Gasteiger partial charge in [0.15, 0.2) is 5.52 Å². The minimum atomic E-state index is -0.411. The Labute approximate surface area is 142 Å². The monoisotopic (exact) mass is 330 g/mol. The number of carbonyl (C=O) groups excluding carboxylic acids is 1. The molecule has 2 unspecified atom stereocenters. The van der Waals surface area contributed by atoms with Crippen LogP contribution in [0.5, 0.6) is 11.5 Å². The summed E-state index contributed by atoms with van der Waals surface area (Å²) in [5.74, 6) is 1.72. The van der Waals surface area contributed by atoms with Crippen molar-refractivity contribution in [1.82, 2.24) is 0 Å². The maximum absolute atomic E-state index is 12.8. The molecule has 0 saturated carbocycles. The fraction of sp³-hybridized carbons (Fsp3) is 0.0952.